The molecule has 0 heterocycles. The summed E-state index contributed by atoms with van der Waals surface area (Å²) in [5.74, 6) is 0.156. The van der Waals surface area contributed by atoms with Crippen molar-refractivity contribution < 1.29 is 28.7 Å². The van der Waals surface area contributed by atoms with Gasteiger partial charge in [-0.1, -0.05) is 19.4 Å². The zero-order valence-electron chi connectivity index (χ0n) is 19.1. The van der Waals surface area contributed by atoms with Crippen LogP contribution >= 0.6 is 0 Å². The number of hydrogen-bond donors (Lipinski definition) is 0. The second-order valence-electron chi connectivity index (χ2n) is 10.6. The summed E-state index contributed by atoms with van der Waals surface area (Å²) in [4.78, 5) is 48.8. The Kier molecular flexibility index (Phi) is 5.42. The number of fused-ring (bicyclic) bond motifs is 5. The van der Waals surface area contributed by atoms with Crippen molar-refractivity contribution in [2.45, 2.75) is 84.7 Å². The molecule has 0 aliphatic heterocycles. The molecule has 0 aromatic rings. The van der Waals surface area contributed by atoms with Crippen molar-refractivity contribution in [3.63, 3.8) is 0 Å². The van der Waals surface area contributed by atoms with Crippen LogP contribution in [0.2, 0.25) is 0 Å². The molecule has 0 aromatic carbocycles. The fraction of sp³-hybridized carbons (Fsp3) is 0.760. The minimum absolute atomic E-state index is 0.0482. The normalized spacial score (nSPS) is 41.4. The lowest BCUT2D eigenvalue weighted by atomic mass is 9.46. The molecule has 0 bridgehead atoms. The van der Waals surface area contributed by atoms with Gasteiger partial charge in [0.05, 0.1) is 0 Å². The lowest BCUT2D eigenvalue weighted by Crippen LogP contribution is -2.59. The first kappa shape index (κ1) is 22.2. The van der Waals surface area contributed by atoms with E-state index in [4.69, 9.17) is 9.47 Å². The zero-order valence-corrected chi connectivity index (χ0v) is 19.1. The molecule has 6 heteroatoms. The van der Waals surface area contributed by atoms with Crippen molar-refractivity contribution in [2.75, 3.05) is 6.61 Å². The van der Waals surface area contributed by atoms with Crippen molar-refractivity contribution in [3.8, 4) is 0 Å². The van der Waals surface area contributed by atoms with Gasteiger partial charge in [0.1, 0.15) is 0 Å². The first-order chi connectivity index (χ1) is 14.5. The van der Waals surface area contributed by atoms with Crippen LogP contribution in [0.4, 0.5) is 0 Å². The monoisotopic (exact) mass is 430 g/mol. The number of carbonyl (C=O) groups is 4. The van der Waals surface area contributed by atoms with Gasteiger partial charge in [0.15, 0.2) is 18.0 Å². The lowest BCUT2D eigenvalue weighted by molar-refractivity contribution is -0.190. The Labute approximate surface area is 184 Å². The highest BCUT2D eigenvalue weighted by atomic mass is 16.6. The van der Waals surface area contributed by atoms with E-state index in [-0.39, 0.29) is 29.5 Å². The van der Waals surface area contributed by atoms with E-state index in [9.17, 15) is 19.2 Å². The van der Waals surface area contributed by atoms with Crippen molar-refractivity contribution in [2.24, 2.45) is 28.6 Å². The summed E-state index contributed by atoms with van der Waals surface area (Å²) in [6.07, 6.45) is 8.39. The summed E-state index contributed by atoms with van der Waals surface area (Å²) in [7, 11) is 0. The van der Waals surface area contributed by atoms with Gasteiger partial charge in [0, 0.05) is 25.7 Å². The predicted molar refractivity (Wildman–Crippen MR) is 113 cm³/mol. The van der Waals surface area contributed by atoms with Crippen molar-refractivity contribution in [1.82, 2.24) is 0 Å². The van der Waals surface area contributed by atoms with Crippen LogP contribution in [-0.2, 0) is 28.7 Å². The maximum absolute atomic E-state index is 13.4. The van der Waals surface area contributed by atoms with Gasteiger partial charge in [0.25, 0.3) is 0 Å². The maximum atomic E-state index is 13.4. The van der Waals surface area contributed by atoms with Gasteiger partial charge in [-0.2, -0.15) is 0 Å². The van der Waals surface area contributed by atoms with E-state index in [1.807, 2.05) is 6.08 Å². The highest BCUT2D eigenvalue weighted by Gasteiger charge is 2.68. The van der Waals surface area contributed by atoms with E-state index in [2.05, 4.69) is 13.8 Å². The molecule has 3 saturated carbocycles. The summed E-state index contributed by atoms with van der Waals surface area (Å²) < 4.78 is 10.9. The fourth-order valence-corrected chi connectivity index (χ4v) is 7.77. The Morgan fingerprint density at radius 2 is 1.68 bits per heavy atom. The first-order valence-corrected chi connectivity index (χ1v) is 11.6. The quantitative estimate of drug-likeness (QED) is 0.628. The van der Waals surface area contributed by atoms with E-state index in [0.717, 1.165) is 38.5 Å². The summed E-state index contributed by atoms with van der Waals surface area (Å²) in [6, 6.07) is 0. The molecular weight excluding hydrogens is 396 g/mol. The number of ether oxygens (including phenoxy) is 2. The van der Waals surface area contributed by atoms with Crippen LogP contribution in [0.15, 0.2) is 11.6 Å². The summed E-state index contributed by atoms with van der Waals surface area (Å²) in [5, 5.41) is 0. The van der Waals surface area contributed by atoms with Gasteiger partial charge in [0.2, 0.25) is 5.78 Å². The smallest absolute Gasteiger partial charge is 0.303 e. The molecule has 0 saturated heterocycles. The number of hydrogen-bond acceptors (Lipinski definition) is 6. The standard InChI is InChI=1S/C25H34O6/c1-15(26)30-14-22(29)25(31-16(2)27)12-9-21-19-6-5-17-13-18(28)7-10-23(17,3)20(19)8-11-24(21,25)4/h13,19-21H,5-12,14H2,1-4H3/t19-,20+,21+,23-,24-,25+/m0/s1. The molecule has 170 valence electrons. The third-order valence-corrected chi connectivity index (χ3v) is 9.26. The molecule has 0 aromatic heterocycles. The van der Waals surface area contributed by atoms with Crippen LogP contribution in [0.5, 0.6) is 0 Å². The minimum atomic E-state index is -1.23. The molecule has 0 N–H and O–H groups in total. The van der Waals surface area contributed by atoms with E-state index < -0.39 is 23.0 Å². The number of Topliss-reactive ketones (excluding diaryl/α,β-unsaturated/α-hetero) is 1. The van der Waals surface area contributed by atoms with Gasteiger partial charge in [-0.25, -0.2) is 0 Å². The minimum Gasteiger partial charge on any atom is -0.458 e. The number of allylic oxidation sites excluding steroid dienone is 1. The zero-order chi connectivity index (χ0) is 22.6. The second kappa shape index (κ2) is 7.56. The van der Waals surface area contributed by atoms with Crippen LogP contribution in [-0.4, -0.2) is 35.7 Å². The van der Waals surface area contributed by atoms with E-state index in [1.165, 1.54) is 19.4 Å². The molecule has 0 unspecified atom stereocenters. The SMILES string of the molecule is CC(=O)OCC(=O)[C@]1(OC(C)=O)CC[C@@H]2[C@H]3CCC4=CC(=O)CC[C@]4(C)[C@@H]3CC[C@@]21C. The van der Waals surface area contributed by atoms with Crippen LogP contribution in [0.25, 0.3) is 0 Å². The Bertz CT molecular complexity index is 858. The number of rotatable bonds is 4. The molecule has 0 radical (unpaired) electrons. The average molecular weight is 431 g/mol. The van der Waals surface area contributed by atoms with E-state index in [1.54, 1.807) is 0 Å². The lowest BCUT2D eigenvalue weighted by Gasteiger charge is -2.59. The summed E-state index contributed by atoms with van der Waals surface area (Å²) in [5.41, 5.74) is -0.348. The van der Waals surface area contributed by atoms with Crippen LogP contribution in [0, 0.1) is 28.6 Å². The van der Waals surface area contributed by atoms with Gasteiger partial charge >= 0.3 is 11.9 Å². The number of carbonyl (C=O) groups excluding carboxylic acids is 4. The molecule has 6 atom stereocenters. The fourth-order valence-electron chi connectivity index (χ4n) is 7.77. The number of ketones is 2. The Hall–Kier alpha value is -1.98. The molecule has 0 amide bonds. The molecule has 4 rings (SSSR count). The van der Waals surface area contributed by atoms with Gasteiger partial charge < -0.3 is 9.47 Å². The summed E-state index contributed by atoms with van der Waals surface area (Å²) in [6.45, 7) is 6.70. The Morgan fingerprint density at radius 3 is 2.35 bits per heavy atom. The van der Waals surface area contributed by atoms with Crippen LogP contribution in [0.1, 0.15) is 79.1 Å². The second-order valence-corrected chi connectivity index (χ2v) is 10.6. The first-order valence-electron chi connectivity index (χ1n) is 11.6. The topological polar surface area (TPSA) is 86.7 Å². The van der Waals surface area contributed by atoms with Gasteiger partial charge in [-0.15, -0.1) is 0 Å². The largest absolute Gasteiger partial charge is 0.458 e. The molecule has 31 heavy (non-hydrogen) atoms. The summed E-state index contributed by atoms with van der Waals surface area (Å²) >= 11 is 0. The van der Waals surface area contributed by atoms with Crippen LogP contribution in [0.3, 0.4) is 0 Å². The Balaban J connectivity index is 1.67. The molecule has 6 nitrogen and oxygen atoms in total. The molecule has 4 aliphatic carbocycles. The highest BCUT2D eigenvalue weighted by molar-refractivity contribution is 5.93. The van der Waals surface area contributed by atoms with Crippen molar-refractivity contribution >= 4 is 23.5 Å². The van der Waals surface area contributed by atoms with Gasteiger partial charge in [-0.3, -0.25) is 19.2 Å². The Morgan fingerprint density at radius 1 is 0.968 bits per heavy atom. The highest BCUT2D eigenvalue weighted by Crippen LogP contribution is 2.68. The van der Waals surface area contributed by atoms with Gasteiger partial charge in [-0.05, 0) is 74.2 Å². The average Bonchev–Trinajstić information content (AvgIpc) is 2.99. The third-order valence-electron chi connectivity index (χ3n) is 9.26. The molecule has 4 aliphatic rings. The van der Waals surface area contributed by atoms with Crippen LogP contribution < -0.4 is 0 Å². The van der Waals surface area contributed by atoms with E-state index >= 15 is 0 Å². The molecule has 0 spiro atoms. The third kappa shape index (κ3) is 3.28. The maximum Gasteiger partial charge on any atom is 0.303 e. The molecular formula is C25H34O6. The number of esters is 2. The predicted octanol–water partition coefficient (Wildman–Crippen LogP) is 3.95. The van der Waals surface area contributed by atoms with E-state index in [0.29, 0.717) is 24.7 Å². The van der Waals surface area contributed by atoms with Crippen molar-refractivity contribution in [1.29, 1.82) is 0 Å². The molecule has 3 fully saturated rings. The van der Waals surface area contributed by atoms with Crippen molar-refractivity contribution in [3.05, 3.63) is 11.6 Å².